The summed E-state index contributed by atoms with van der Waals surface area (Å²) in [5.74, 6) is 0.307. The zero-order valence-corrected chi connectivity index (χ0v) is 33.2. The maximum absolute atomic E-state index is 17.4. The van der Waals surface area contributed by atoms with Gasteiger partial charge in [0.1, 0.15) is 5.52 Å². The standard InChI is InChI=1S/C44H44Cl2FN7O2/c1-22(2)52-13-11-28(17-36(52)55)51-20-27-14-29(21-51)53(44(56)24-9-10-24)42(27)35-18-31-23(3)50-40-32(43(31)54(35)41-26-16-34(41)49-19-26)15-25(6-5-12-48)37(39(40)47)30-7-4-8-33(45)38(30)46/h4,7-8,11,13,15,17-18,22,24,26-27,29,34,41-42,49H,5-6,9-10,14,16,19-21H2,1-3H3. The summed E-state index contributed by atoms with van der Waals surface area (Å²) in [6.07, 6.45) is 6.19. The second-order valence-electron chi connectivity index (χ2n) is 17.0. The van der Waals surface area contributed by atoms with Gasteiger partial charge in [-0.3, -0.25) is 9.59 Å². The predicted molar refractivity (Wildman–Crippen MR) is 218 cm³/mol. The second-order valence-corrected chi connectivity index (χ2v) is 17.8. The first-order valence-electron chi connectivity index (χ1n) is 20.0. The minimum absolute atomic E-state index is 0.00178. The van der Waals surface area contributed by atoms with E-state index in [9.17, 15) is 14.9 Å². The van der Waals surface area contributed by atoms with E-state index in [-0.39, 0.29) is 70.5 Å². The van der Waals surface area contributed by atoms with E-state index in [0.717, 1.165) is 54.5 Å². The third kappa shape index (κ3) is 5.44. The van der Waals surface area contributed by atoms with Crippen LogP contribution < -0.4 is 15.8 Å². The number of aromatic nitrogens is 3. The number of carbonyl (C=O) groups excluding carboxylic acids is 1. The molecule has 4 aliphatic heterocycles. The van der Waals surface area contributed by atoms with Crippen molar-refractivity contribution in [3.63, 3.8) is 0 Å². The first-order chi connectivity index (χ1) is 27.0. The highest BCUT2D eigenvalue weighted by Gasteiger charge is 2.55. The molecule has 4 saturated heterocycles. The zero-order valence-electron chi connectivity index (χ0n) is 31.7. The number of benzene rings is 2. The van der Waals surface area contributed by atoms with Crippen molar-refractivity contribution in [3.8, 4) is 17.2 Å². The molecule has 0 spiro atoms. The van der Waals surface area contributed by atoms with Crippen molar-refractivity contribution in [2.24, 2.45) is 17.8 Å². The molecule has 288 valence electrons. The van der Waals surface area contributed by atoms with E-state index < -0.39 is 5.82 Å². The van der Waals surface area contributed by atoms with Gasteiger partial charge in [0.25, 0.3) is 5.56 Å². The van der Waals surface area contributed by atoms with Crippen LogP contribution in [0.15, 0.2) is 53.5 Å². The number of piperidine rings is 1. The number of pyridine rings is 2. The van der Waals surface area contributed by atoms with Gasteiger partial charge in [-0.05, 0) is 88.6 Å². The quantitative estimate of drug-likeness (QED) is 0.169. The number of fused-ring (bicyclic) bond motifs is 6. The van der Waals surface area contributed by atoms with Crippen molar-refractivity contribution >= 4 is 56.6 Å². The molecule has 9 nitrogen and oxygen atoms in total. The first kappa shape index (κ1) is 35.9. The SMILES string of the molecule is Cc1nc2c(F)c(-c3cccc(Cl)c3Cl)c(CCC#N)cc2c2c1cc(C1C3CC(CN(c4ccn(C(C)C)c(=O)c4)C3)N1C(=O)C1CC1)n2C1C2CNC1C2. The maximum Gasteiger partial charge on any atom is 0.252 e. The summed E-state index contributed by atoms with van der Waals surface area (Å²) < 4.78 is 21.6. The molecule has 6 fully saturated rings. The number of carbonyl (C=O) groups is 1. The minimum atomic E-state index is -0.481. The molecule has 5 aromatic rings. The highest BCUT2D eigenvalue weighted by molar-refractivity contribution is 6.43. The Labute approximate surface area is 335 Å². The van der Waals surface area contributed by atoms with E-state index in [1.165, 1.54) is 0 Å². The van der Waals surface area contributed by atoms with Crippen LogP contribution >= 0.6 is 23.2 Å². The Kier molecular flexibility index (Phi) is 8.55. The number of hydrogen-bond acceptors (Lipinski definition) is 6. The molecule has 1 amide bonds. The zero-order chi connectivity index (χ0) is 38.7. The number of rotatable bonds is 8. The van der Waals surface area contributed by atoms with Crippen LogP contribution in [0.1, 0.15) is 81.0 Å². The number of anilines is 1. The normalized spacial score (nSPS) is 25.4. The van der Waals surface area contributed by atoms with Crippen molar-refractivity contribution in [2.45, 2.75) is 89.5 Å². The van der Waals surface area contributed by atoms with Crippen molar-refractivity contribution in [2.75, 3.05) is 24.5 Å². The van der Waals surface area contributed by atoms with E-state index in [1.54, 1.807) is 28.8 Å². The minimum Gasteiger partial charge on any atom is -0.369 e. The molecule has 0 radical (unpaired) electrons. The van der Waals surface area contributed by atoms with Crippen LogP contribution in [0.3, 0.4) is 0 Å². The van der Waals surface area contributed by atoms with Crippen LogP contribution in [0.25, 0.3) is 32.9 Å². The summed E-state index contributed by atoms with van der Waals surface area (Å²) in [4.78, 5) is 37.1. The molecule has 2 aliphatic carbocycles. The van der Waals surface area contributed by atoms with E-state index in [0.29, 0.717) is 58.2 Å². The molecule has 3 aromatic heterocycles. The van der Waals surface area contributed by atoms with Crippen molar-refractivity contribution in [1.82, 2.24) is 24.3 Å². The highest BCUT2D eigenvalue weighted by atomic mass is 35.5. The van der Waals surface area contributed by atoms with Gasteiger partial charge in [0.15, 0.2) is 5.82 Å². The average Bonchev–Trinajstić information content (AvgIpc) is 3.46. The summed E-state index contributed by atoms with van der Waals surface area (Å²) in [7, 11) is 0. The fourth-order valence-corrected chi connectivity index (χ4v) is 11.0. The van der Waals surface area contributed by atoms with Crippen molar-refractivity contribution < 1.29 is 9.18 Å². The fourth-order valence-electron chi connectivity index (χ4n) is 10.6. The third-order valence-corrected chi connectivity index (χ3v) is 14.2. The summed E-state index contributed by atoms with van der Waals surface area (Å²) in [6.45, 7) is 8.25. The van der Waals surface area contributed by atoms with Gasteiger partial charge in [0, 0.05) is 101 Å². The number of nitriles is 1. The van der Waals surface area contributed by atoms with Crippen LogP contribution in [0.5, 0.6) is 0 Å². The highest BCUT2D eigenvalue weighted by Crippen LogP contribution is 2.54. The lowest BCUT2D eigenvalue weighted by Gasteiger charge is -2.40. The van der Waals surface area contributed by atoms with E-state index in [1.807, 2.05) is 39.1 Å². The predicted octanol–water partition coefficient (Wildman–Crippen LogP) is 8.53. The van der Waals surface area contributed by atoms with Gasteiger partial charge in [-0.1, -0.05) is 35.3 Å². The van der Waals surface area contributed by atoms with Crippen LogP contribution in [0.2, 0.25) is 10.0 Å². The van der Waals surface area contributed by atoms with Crippen LogP contribution in [0, 0.1) is 41.8 Å². The molecule has 6 atom stereocenters. The van der Waals surface area contributed by atoms with Gasteiger partial charge in [-0.25, -0.2) is 9.37 Å². The Bertz CT molecular complexity index is 2560. The van der Waals surface area contributed by atoms with Gasteiger partial charge in [-0.15, -0.1) is 0 Å². The van der Waals surface area contributed by atoms with Crippen LogP contribution in [0.4, 0.5) is 10.1 Å². The number of nitrogens with one attached hydrogen (secondary N) is 1. The van der Waals surface area contributed by atoms with Crippen molar-refractivity contribution in [3.05, 3.63) is 91.8 Å². The third-order valence-electron chi connectivity index (χ3n) is 13.4. The molecule has 2 saturated carbocycles. The van der Waals surface area contributed by atoms with Gasteiger partial charge >= 0.3 is 0 Å². The Balaban J connectivity index is 1.19. The molecular weight excluding hydrogens is 748 g/mol. The van der Waals surface area contributed by atoms with Gasteiger partial charge < -0.3 is 24.3 Å². The number of hydrogen-bond donors (Lipinski definition) is 1. The van der Waals surface area contributed by atoms with E-state index in [4.69, 9.17) is 28.2 Å². The lowest BCUT2D eigenvalue weighted by molar-refractivity contribution is -0.135. The first-order valence-corrected chi connectivity index (χ1v) is 20.8. The molecule has 12 heteroatoms. The lowest BCUT2D eigenvalue weighted by Crippen LogP contribution is -2.45. The Morgan fingerprint density at radius 1 is 1.09 bits per heavy atom. The largest absolute Gasteiger partial charge is 0.369 e. The molecule has 6 aliphatic rings. The number of amides is 1. The monoisotopic (exact) mass is 791 g/mol. The molecule has 6 unspecified atom stereocenters. The molecule has 7 heterocycles. The summed E-state index contributed by atoms with van der Waals surface area (Å²) in [5, 5.41) is 15.6. The number of halogens is 3. The summed E-state index contributed by atoms with van der Waals surface area (Å²) in [6, 6.07) is 15.8. The Hall–Kier alpha value is -4.43. The topological polar surface area (TPSA) is 99.2 Å². The van der Waals surface area contributed by atoms with Gasteiger partial charge in [0.2, 0.25) is 5.91 Å². The Morgan fingerprint density at radius 3 is 2.61 bits per heavy atom. The summed E-state index contributed by atoms with van der Waals surface area (Å²) >= 11 is 13.2. The molecule has 4 bridgehead atoms. The number of nitrogens with zero attached hydrogens (tertiary/aromatic N) is 6. The number of aryl methyl sites for hydroxylation is 2. The summed E-state index contributed by atoms with van der Waals surface area (Å²) in [5.41, 5.74) is 5.32. The second kappa shape index (κ2) is 13.3. The molecule has 56 heavy (non-hydrogen) atoms. The molecule has 1 N–H and O–H groups in total. The molecule has 2 aromatic carbocycles. The van der Waals surface area contributed by atoms with Crippen molar-refractivity contribution in [1.29, 1.82) is 5.26 Å². The molecular formula is C44H44Cl2FN7O2. The fraction of sp³-hybridized carbons (Fsp3) is 0.455. The van der Waals surface area contributed by atoms with Crippen LogP contribution in [-0.4, -0.2) is 56.6 Å². The van der Waals surface area contributed by atoms with Gasteiger partial charge in [0.05, 0.1) is 39.8 Å². The van der Waals surface area contributed by atoms with Gasteiger partial charge in [-0.2, -0.15) is 5.26 Å². The average molecular weight is 793 g/mol. The van der Waals surface area contributed by atoms with E-state index >= 15 is 4.39 Å². The molecule has 11 rings (SSSR count). The maximum atomic E-state index is 17.4. The smallest absolute Gasteiger partial charge is 0.252 e. The Morgan fingerprint density at radius 2 is 1.91 bits per heavy atom. The number of likely N-dealkylation sites (tertiary alicyclic amines) is 1. The van der Waals surface area contributed by atoms with Crippen LogP contribution in [-0.2, 0) is 11.2 Å². The lowest BCUT2D eigenvalue weighted by atomic mass is 9.79. The van der Waals surface area contributed by atoms with E-state index in [2.05, 4.69) is 31.8 Å².